The molecule has 18 heavy (non-hydrogen) atoms. The molecule has 0 aliphatic carbocycles. The van der Waals surface area contributed by atoms with Crippen LogP contribution in [0.4, 0.5) is 0 Å². The molecule has 1 aromatic carbocycles. The Morgan fingerprint density at radius 2 is 1.94 bits per heavy atom. The molecule has 4 heteroatoms. The average molecular weight is 251 g/mol. The van der Waals surface area contributed by atoms with E-state index in [-0.39, 0.29) is 12.2 Å². The van der Waals surface area contributed by atoms with Crippen LogP contribution < -0.4 is 15.2 Å². The van der Waals surface area contributed by atoms with Gasteiger partial charge in [-0.2, -0.15) is 0 Å². The summed E-state index contributed by atoms with van der Waals surface area (Å²) in [4.78, 5) is 0. The highest BCUT2D eigenvalue weighted by Crippen LogP contribution is 2.33. The van der Waals surface area contributed by atoms with Crippen molar-refractivity contribution >= 4 is 0 Å². The number of ether oxygens (including phenoxy) is 3. The third kappa shape index (κ3) is 3.15. The zero-order chi connectivity index (χ0) is 13.0. The van der Waals surface area contributed by atoms with Gasteiger partial charge in [-0.05, 0) is 31.5 Å². The molecular formula is C14H21NO3. The summed E-state index contributed by atoms with van der Waals surface area (Å²) in [6.45, 7) is 5.86. The summed E-state index contributed by atoms with van der Waals surface area (Å²) in [5.74, 6) is 1.59. The minimum Gasteiger partial charge on any atom is -0.490 e. The van der Waals surface area contributed by atoms with Crippen LogP contribution in [0.1, 0.15) is 31.9 Å². The van der Waals surface area contributed by atoms with E-state index in [4.69, 9.17) is 19.9 Å². The van der Waals surface area contributed by atoms with E-state index < -0.39 is 0 Å². The van der Waals surface area contributed by atoms with E-state index in [0.717, 1.165) is 23.5 Å². The standard InChI is InChI=1S/C14H21NO3/c1-10(2)18-14(9-15)11-4-5-12-13(8-11)17-7-3-6-16-12/h4-5,8,10,14H,3,6-7,9,15H2,1-2H3. The topological polar surface area (TPSA) is 53.7 Å². The second-order valence-corrected chi connectivity index (χ2v) is 4.67. The van der Waals surface area contributed by atoms with E-state index in [1.54, 1.807) is 0 Å². The van der Waals surface area contributed by atoms with Crippen molar-refractivity contribution in [2.75, 3.05) is 19.8 Å². The number of hydrogen-bond donors (Lipinski definition) is 1. The Bertz CT molecular complexity index is 393. The van der Waals surface area contributed by atoms with Gasteiger partial charge in [0.2, 0.25) is 0 Å². The molecule has 0 aromatic heterocycles. The second kappa shape index (κ2) is 6.07. The first-order chi connectivity index (χ1) is 8.70. The summed E-state index contributed by atoms with van der Waals surface area (Å²) in [6, 6.07) is 5.90. The van der Waals surface area contributed by atoms with Crippen molar-refractivity contribution in [2.45, 2.75) is 32.5 Å². The van der Waals surface area contributed by atoms with Gasteiger partial charge in [-0.1, -0.05) is 6.07 Å². The summed E-state index contributed by atoms with van der Waals surface area (Å²) in [6.07, 6.45) is 0.962. The van der Waals surface area contributed by atoms with Crippen molar-refractivity contribution in [3.8, 4) is 11.5 Å². The zero-order valence-corrected chi connectivity index (χ0v) is 11.0. The Hall–Kier alpha value is -1.26. The lowest BCUT2D eigenvalue weighted by molar-refractivity contribution is 0.0118. The zero-order valence-electron chi connectivity index (χ0n) is 11.0. The quantitative estimate of drug-likeness (QED) is 0.892. The van der Waals surface area contributed by atoms with Crippen molar-refractivity contribution in [3.05, 3.63) is 23.8 Å². The summed E-state index contributed by atoms with van der Waals surface area (Å²) in [5, 5.41) is 0. The van der Waals surface area contributed by atoms with Gasteiger partial charge in [-0.3, -0.25) is 0 Å². The van der Waals surface area contributed by atoms with Gasteiger partial charge in [0, 0.05) is 13.0 Å². The lowest BCUT2D eigenvalue weighted by Gasteiger charge is -2.20. The molecule has 100 valence electrons. The number of hydrogen-bond acceptors (Lipinski definition) is 4. The summed E-state index contributed by atoms with van der Waals surface area (Å²) < 4.78 is 17.1. The molecule has 4 nitrogen and oxygen atoms in total. The van der Waals surface area contributed by atoms with E-state index >= 15 is 0 Å². The first-order valence-corrected chi connectivity index (χ1v) is 6.45. The lowest BCUT2D eigenvalue weighted by atomic mass is 10.1. The Balaban J connectivity index is 2.20. The van der Waals surface area contributed by atoms with Gasteiger partial charge in [0.25, 0.3) is 0 Å². The van der Waals surface area contributed by atoms with Gasteiger partial charge in [0.05, 0.1) is 25.4 Å². The molecule has 0 amide bonds. The van der Waals surface area contributed by atoms with Crippen molar-refractivity contribution in [1.82, 2.24) is 0 Å². The number of fused-ring (bicyclic) bond motifs is 1. The highest BCUT2D eigenvalue weighted by Gasteiger charge is 2.16. The summed E-state index contributed by atoms with van der Waals surface area (Å²) in [7, 11) is 0. The number of rotatable bonds is 4. The van der Waals surface area contributed by atoms with Crippen molar-refractivity contribution in [2.24, 2.45) is 5.73 Å². The van der Waals surface area contributed by atoms with Crippen LogP contribution in [0.15, 0.2) is 18.2 Å². The van der Waals surface area contributed by atoms with E-state index in [2.05, 4.69) is 0 Å². The molecule has 0 spiro atoms. The fraction of sp³-hybridized carbons (Fsp3) is 0.571. The molecule has 0 radical (unpaired) electrons. The fourth-order valence-corrected chi connectivity index (χ4v) is 1.98. The molecule has 1 aliphatic heterocycles. The third-order valence-corrected chi connectivity index (χ3v) is 2.79. The average Bonchev–Trinajstić information content (AvgIpc) is 2.59. The maximum Gasteiger partial charge on any atom is 0.161 e. The van der Waals surface area contributed by atoms with E-state index in [0.29, 0.717) is 19.8 Å². The molecule has 0 bridgehead atoms. The maximum atomic E-state index is 5.79. The van der Waals surface area contributed by atoms with Gasteiger partial charge in [0.15, 0.2) is 11.5 Å². The van der Waals surface area contributed by atoms with Crippen LogP contribution >= 0.6 is 0 Å². The number of nitrogens with two attached hydrogens (primary N) is 1. The predicted molar refractivity (Wildman–Crippen MR) is 70.1 cm³/mol. The largest absolute Gasteiger partial charge is 0.490 e. The molecule has 0 fully saturated rings. The van der Waals surface area contributed by atoms with E-state index in [9.17, 15) is 0 Å². The first kappa shape index (κ1) is 13.2. The van der Waals surface area contributed by atoms with Gasteiger partial charge in [0.1, 0.15) is 0 Å². The molecule has 1 atom stereocenters. The molecule has 1 aliphatic rings. The molecule has 0 saturated heterocycles. The lowest BCUT2D eigenvalue weighted by Crippen LogP contribution is -2.19. The minimum atomic E-state index is -0.0952. The smallest absolute Gasteiger partial charge is 0.161 e. The monoisotopic (exact) mass is 251 g/mol. The van der Waals surface area contributed by atoms with Crippen LogP contribution in [-0.4, -0.2) is 25.9 Å². The number of benzene rings is 1. The highest BCUT2D eigenvalue weighted by molar-refractivity contribution is 5.44. The van der Waals surface area contributed by atoms with Crippen LogP contribution in [0.2, 0.25) is 0 Å². The molecule has 0 saturated carbocycles. The fourth-order valence-electron chi connectivity index (χ4n) is 1.98. The molecule has 1 aromatic rings. The highest BCUT2D eigenvalue weighted by atomic mass is 16.5. The van der Waals surface area contributed by atoms with Crippen LogP contribution in [0.25, 0.3) is 0 Å². The van der Waals surface area contributed by atoms with E-state index in [1.807, 2.05) is 32.0 Å². The van der Waals surface area contributed by atoms with Crippen molar-refractivity contribution < 1.29 is 14.2 Å². The maximum absolute atomic E-state index is 5.79. The SMILES string of the molecule is CC(C)OC(CN)c1ccc2c(c1)OCCCO2. The minimum absolute atomic E-state index is 0.0952. The Kier molecular flexibility index (Phi) is 4.44. The van der Waals surface area contributed by atoms with Gasteiger partial charge < -0.3 is 19.9 Å². The third-order valence-electron chi connectivity index (χ3n) is 2.79. The second-order valence-electron chi connectivity index (χ2n) is 4.67. The normalized spacial score (nSPS) is 16.4. The summed E-state index contributed by atoms with van der Waals surface area (Å²) >= 11 is 0. The van der Waals surface area contributed by atoms with Gasteiger partial charge >= 0.3 is 0 Å². The van der Waals surface area contributed by atoms with Crippen LogP contribution in [0.5, 0.6) is 11.5 Å². The first-order valence-electron chi connectivity index (χ1n) is 6.45. The Morgan fingerprint density at radius 3 is 2.61 bits per heavy atom. The molecule has 1 heterocycles. The molecule has 2 N–H and O–H groups in total. The van der Waals surface area contributed by atoms with E-state index in [1.165, 1.54) is 0 Å². The van der Waals surface area contributed by atoms with Gasteiger partial charge in [-0.15, -0.1) is 0 Å². The van der Waals surface area contributed by atoms with Crippen LogP contribution in [0, 0.1) is 0 Å². The predicted octanol–water partition coefficient (Wildman–Crippen LogP) is 2.27. The van der Waals surface area contributed by atoms with Crippen LogP contribution in [-0.2, 0) is 4.74 Å². The van der Waals surface area contributed by atoms with Crippen molar-refractivity contribution in [1.29, 1.82) is 0 Å². The molecule has 1 unspecified atom stereocenters. The molecule has 2 rings (SSSR count). The summed E-state index contributed by atoms with van der Waals surface area (Å²) in [5.41, 5.74) is 6.80. The van der Waals surface area contributed by atoms with Crippen LogP contribution in [0.3, 0.4) is 0 Å². The van der Waals surface area contributed by atoms with Crippen molar-refractivity contribution in [3.63, 3.8) is 0 Å². The Labute approximate surface area is 108 Å². The van der Waals surface area contributed by atoms with Gasteiger partial charge in [-0.25, -0.2) is 0 Å². The Morgan fingerprint density at radius 1 is 1.22 bits per heavy atom. The molecular weight excluding hydrogens is 230 g/mol.